The van der Waals surface area contributed by atoms with E-state index in [0.29, 0.717) is 0 Å². The molecule has 10 heteroatoms. The maximum absolute atomic E-state index is 0. The first-order chi connectivity index (χ1) is 0. The van der Waals surface area contributed by atoms with Gasteiger partial charge in [-0.2, -0.15) is 0 Å². The Balaban J connectivity index is 0. The van der Waals surface area contributed by atoms with Gasteiger partial charge in [-0.1, -0.05) is 0 Å². The second kappa shape index (κ2) is 298. The van der Waals surface area contributed by atoms with Gasteiger partial charge < -0.3 is 32.9 Å². The molecule has 1 radical (unpaired) electrons. The molecule has 0 heterocycles. The topological polar surface area (TPSA) is 189 Å². The minimum absolute atomic E-state index is 0. The van der Waals surface area contributed by atoms with Crippen LogP contribution in [0.1, 0.15) is 0 Å². The van der Waals surface area contributed by atoms with Gasteiger partial charge in [0.25, 0.3) is 0 Å². The molecule has 0 spiro atoms. The van der Waals surface area contributed by atoms with Crippen LogP contribution in [-0.4, -0.2) is 32.9 Å². The van der Waals surface area contributed by atoms with E-state index in [9.17, 15) is 0 Å². The van der Waals surface area contributed by atoms with Gasteiger partial charge in [0.1, 0.15) is 0 Å². The van der Waals surface area contributed by atoms with Crippen molar-refractivity contribution in [1.29, 1.82) is 0 Å². The Morgan fingerprint density at radius 3 is 0.300 bits per heavy atom. The zero-order chi connectivity index (χ0) is 0. The Kier molecular flexibility index (Phi) is 11800. The molecule has 0 fully saturated rings. The van der Waals surface area contributed by atoms with E-state index in [1.54, 1.807) is 0 Å². The van der Waals surface area contributed by atoms with Crippen LogP contribution in [0.15, 0.2) is 0 Å². The molecule has 0 aromatic carbocycles. The van der Waals surface area contributed by atoms with Gasteiger partial charge in [0.05, 0.1) is 0 Å². The Hall–Kier alpha value is 1.89. The molecule has 0 aliphatic rings. The Morgan fingerprint density at radius 2 is 0.300 bits per heavy atom. The summed E-state index contributed by atoms with van der Waals surface area (Å²) in [6.45, 7) is 0. The zero-order valence-corrected chi connectivity index (χ0v) is 8.91. The van der Waals surface area contributed by atoms with Crippen molar-refractivity contribution >= 4 is 37.2 Å². The van der Waals surface area contributed by atoms with Crippen LogP contribution in [0.3, 0.4) is 0 Å². The van der Waals surface area contributed by atoms with E-state index >= 15 is 0 Å². The van der Waals surface area contributed by atoms with E-state index in [2.05, 4.69) is 0 Å². The fraction of sp³-hybridized carbons (Fsp3) is 0. The third-order valence-corrected chi connectivity index (χ3v) is 0. The Labute approximate surface area is 107 Å². The van der Waals surface area contributed by atoms with Crippen molar-refractivity contribution in [2.75, 3.05) is 0 Å². The van der Waals surface area contributed by atoms with Crippen molar-refractivity contribution in [3.63, 3.8) is 0 Å². The second-order valence-electron chi connectivity index (χ2n) is 0. The average molecular weight is 382 g/mol. The average Bonchev–Trinajstić information content (AvgIpc) is 0. The Bertz CT molecular complexity index is 13.0. The molecule has 12 N–H and O–H groups in total. The molecule has 0 saturated heterocycles. The van der Waals surface area contributed by atoms with Gasteiger partial charge in [-0.25, -0.2) is 0 Å². The maximum atomic E-state index is 0. The first-order valence-electron chi connectivity index (χ1n) is 0. The van der Waals surface area contributed by atoms with Crippen LogP contribution in [0.25, 0.3) is 0 Å². The SMILES string of the molecule is Cl.Cl.Cl.O.O.O.O.O.O.[Ho]. The summed E-state index contributed by atoms with van der Waals surface area (Å²) in [4.78, 5) is 0. The summed E-state index contributed by atoms with van der Waals surface area (Å²) in [6, 6.07) is 0. The molecule has 0 aromatic heterocycles. The quantitative estimate of drug-likeness (QED) is 0.373. The monoisotopic (exact) mass is 381 g/mol. The van der Waals surface area contributed by atoms with Crippen LogP contribution < -0.4 is 0 Å². The molecule has 0 unspecified atom stereocenters. The van der Waals surface area contributed by atoms with Crippen LogP contribution in [0.4, 0.5) is 0 Å². The molecule has 0 aliphatic carbocycles. The first kappa shape index (κ1) is 395. The molecule has 0 saturated carbocycles. The third kappa shape index (κ3) is 219. The molecule has 0 aliphatic heterocycles. The van der Waals surface area contributed by atoms with E-state index in [1.165, 1.54) is 0 Å². The van der Waals surface area contributed by atoms with Gasteiger partial charge in [0, 0.05) is 37.7 Å². The van der Waals surface area contributed by atoms with Crippen molar-refractivity contribution in [2.24, 2.45) is 0 Å². The van der Waals surface area contributed by atoms with Crippen LogP contribution in [0.2, 0.25) is 0 Å². The third-order valence-electron chi connectivity index (χ3n) is 0. The smallest absolute Gasteiger partial charge is 0 e. The Morgan fingerprint density at radius 1 is 0.300 bits per heavy atom. The summed E-state index contributed by atoms with van der Waals surface area (Å²) in [5.74, 6) is 0. The van der Waals surface area contributed by atoms with E-state index in [1.807, 2.05) is 0 Å². The predicted octanol–water partition coefficient (Wildman–Crippen LogP) is -3.68. The number of rotatable bonds is 0. The standard InChI is InChI=1S/3ClH.Ho.6H2O/h3*1H;;6*1H2. The second-order valence-corrected chi connectivity index (χ2v) is 0. The number of hydrogen-bond donors (Lipinski definition) is 0. The molecule has 0 amide bonds. The summed E-state index contributed by atoms with van der Waals surface area (Å²) < 4.78 is 0. The van der Waals surface area contributed by atoms with E-state index < -0.39 is 0 Å². The van der Waals surface area contributed by atoms with E-state index in [0.717, 1.165) is 0 Å². The first-order valence-corrected chi connectivity index (χ1v) is 0. The van der Waals surface area contributed by atoms with Gasteiger partial charge in [-0.15, -0.1) is 37.2 Å². The molecule has 0 rings (SSSR count). The van der Waals surface area contributed by atoms with Crippen LogP contribution >= 0.6 is 37.2 Å². The van der Waals surface area contributed by atoms with E-state index in [-0.39, 0.29) is 108 Å². The van der Waals surface area contributed by atoms with Crippen LogP contribution in [0.5, 0.6) is 0 Å². The molecule has 10 heavy (non-hydrogen) atoms. The number of halogens is 3. The molecule has 0 aromatic rings. The molecular weight excluding hydrogens is 367 g/mol. The van der Waals surface area contributed by atoms with Crippen molar-refractivity contribution in [2.45, 2.75) is 0 Å². The van der Waals surface area contributed by atoms with Crippen LogP contribution in [0, 0.1) is 37.7 Å². The fourth-order valence-electron chi connectivity index (χ4n) is 0. The normalized spacial score (nSPS) is 0. The molecular formula is H15Cl3HoO6. The predicted molar refractivity (Wildman–Crippen MR) is 43.4 cm³/mol. The summed E-state index contributed by atoms with van der Waals surface area (Å²) in [5.41, 5.74) is 0. The van der Waals surface area contributed by atoms with Crippen LogP contribution in [-0.2, 0) is 0 Å². The summed E-state index contributed by atoms with van der Waals surface area (Å²) in [7, 11) is 0. The minimum Gasteiger partial charge on any atom is -0.412 e. The largest absolute Gasteiger partial charge is 0.412 e. The zero-order valence-electron chi connectivity index (χ0n) is 4.53. The summed E-state index contributed by atoms with van der Waals surface area (Å²) in [5, 5.41) is 0. The fourth-order valence-corrected chi connectivity index (χ4v) is 0. The minimum atomic E-state index is 0. The number of hydrogen-bond acceptors (Lipinski definition) is 0. The van der Waals surface area contributed by atoms with Gasteiger partial charge in [0.15, 0.2) is 0 Å². The molecule has 6 nitrogen and oxygen atoms in total. The van der Waals surface area contributed by atoms with Crippen molar-refractivity contribution < 1.29 is 70.6 Å². The molecule has 83 valence electrons. The van der Waals surface area contributed by atoms with Crippen molar-refractivity contribution in [3.8, 4) is 0 Å². The van der Waals surface area contributed by atoms with Gasteiger partial charge in [-0.3, -0.25) is 0 Å². The molecule has 0 bridgehead atoms. The van der Waals surface area contributed by atoms with E-state index in [4.69, 9.17) is 0 Å². The van der Waals surface area contributed by atoms with Gasteiger partial charge in [-0.05, 0) is 0 Å². The van der Waals surface area contributed by atoms with Crippen molar-refractivity contribution in [1.82, 2.24) is 0 Å². The maximum Gasteiger partial charge on any atom is 0 e. The molecule has 0 atom stereocenters. The van der Waals surface area contributed by atoms with Gasteiger partial charge >= 0.3 is 0 Å². The van der Waals surface area contributed by atoms with Crippen molar-refractivity contribution in [3.05, 3.63) is 0 Å². The summed E-state index contributed by atoms with van der Waals surface area (Å²) >= 11 is 0. The van der Waals surface area contributed by atoms with Gasteiger partial charge in [0.2, 0.25) is 0 Å². The summed E-state index contributed by atoms with van der Waals surface area (Å²) in [6.07, 6.45) is 0.